The van der Waals surface area contributed by atoms with E-state index in [0.717, 1.165) is 5.69 Å². The van der Waals surface area contributed by atoms with E-state index in [2.05, 4.69) is 41.2 Å². The number of amides is 1. The molecule has 13 nitrogen and oxygen atoms in total. The van der Waals surface area contributed by atoms with Gasteiger partial charge in [0, 0.05) is 33.3 Å². The molecule has 0 atom stereocenters. The molecule has 0 bridgehead atoms. The van der Waals surface area contributed by atoms with E-state index >= 15 is 0 Å². The van der Waals surface area contributed by atoms with Gasteiger partial charge < -0.3 is 30.7 Å². The third-order valence-corrected chi connectivity index (χ3v) is 5.80. The van der Waals surface area contributed by atoms with Gasteiger partial charge in [-0.15, -0.1) is 10.2 Å². The minimum Gasteiger partial charge on any atom is -0.494 e. The molecule has 0 unspecified atom stereocenters. The van der Waals surface area contributed by atoms with Gasteiger partial charge >= 0.3 is 0 Å². The summed E-state index contributed by atoms with van der Waals surface area (Å²) in [6, 6.07) is 10.9. The molecular formula is C24H26N10O3. The van der Waals surface area contributed by atoms with Crippen LogP contribution in [0, 0.1) is 0 Å². The number of ether oxygens (including phenoxy) is 1. The standard InChI is InChI=1S/C24H26N10O3/c1-25-24(36)21-18(28-17-6-4-5-16(22(17)37-3)23-27-13-33(2)32-23)9-20(30-31-21)29-19-8-7-14(10-26-19)34-11-15(35)12-34/h4-10,13,15,35H,11-12H2,1-3H3,(H,25,36)(H2,26,28,29,30). The molecule has 1 aliphatic rings. The molecule has 1 aromatic carbocycles. The lowest BCUT2D eigenvalue weighted by Gasteiger charge is -2.37. The third kappa shape index (κ3) is 4.97. The number of anilines is 5. The molecule has 0 spiro atoms. The van der Waals surface area contributed by atoms with E-state index in [1.54, 1.807) is 37.4 Å². The highest BCUT2D eigenvalue weighted by Crippen LogP contribution is 2.37. The predicted molar refractivity (Wildman–Crippen MR) is 137 cm³/mol. The van der Waals surface area contributed by atoms with Crippen LogP contribution in [0.5, 0.6) is 5.75 Å². The van der Waals surface area contributed by atoms with Crippen LogP contribution in [0.2, 0.25) is 0 Å². The average Bonchev–Trinajstić information content (AvgIpc) is 3.33. The number of nitrogens with one attached hydrogen (secondary N) is 3. The Bertz CT molecular complexity index is 1420. The lowest BCUT2D eigenvalue weighted by molar-refractivity contribution is 0.0958. The summed E-state index contributed by atoms with van der Waals surface area (Å²) in [5, 5.41) is 31.1. The van der Waals surface area contributed by atoms with Crippen molar-refractivity contribution in [2.45, 2.75) is 6.10 Å². The van der Waals surface area contributed by atoms with Crippen LogP contribution in [0.1, 0.15) is 10.5 Å². The van der Waals surface area contributed by atoms with Gasteiger partial charge in [-0.1, -0.05) is 6.07 Å². The van der Waals surface area contributed by atoms with Gasteiger partial charge in [-0.05, 0) is 24.3 Å². The van der Waals surface area contributed by atoms with Crippen LogP contribution in [0.4, 0.5) is 28.7 Å². The number of hydrogen-bond donors (Lipinski definition) is 4. The second kappa shape index (κ2) is 10.1. The molecule has 4 aromatic rings. The second-order valence-corrected chi connectivity index (χ2v) is 8.41. The molecule has 3 aromatic heterocycles. The van der Waals surface area contributed by atoms with Crippen LogP contribution in [-0.2, 0) is 7.05 Å². The van der Waals surface area contributed by atoms with Crippen molar-refractivity contribution in [1.82, 2.24) is 35.3 Å². The van der Waals surface area contributed by atoms with Crippen molar-refractivity contribution < 1.29 is 14.6 Å². The van der Waals surface area contributed by atoms with Gasteiger partial charge in [-0.3, -0.25) is 9.48 Å². The highest BCUT2D eigenvalue weighted by atomic mass is 16.5. The summed E-state index contributed by atoms with van der Waals surface area (Å²) < 4.78 is 7.29. The summed E-state index contributed by atoms with van der Waals surface area (Å²) in [6.45, 7) is 1.19. The minimum atomic E-state index is -0.401. The zero-order valence-electron chi connectivity index (χ0n) is 20.5. The lowest BCUT2D eigenvalue weighted by atomic mass is 10.1. The number of rotatable bonds is 8. The number of methoxy groups -OCH3 is 1. The molecule has 190 valence electrons. The van der Waals surface area contributed by atoms with Crippen LogP contribution in [-0.4, -0.2) is 74.3 Å². The number of pyridine rings is 1. The van der Waals surface area contributed by atoms with Gasteiger partial charge in [0.2, 0.25) is 0 Å². The van der Waals surface area contributed by atoms with Gasteiger partial charge in [0.1, 0.15) is 12.1 Å². The van der Waals surface area contributed by atoms with Crippen molar-refractivity contribution in [3.05, 3.63) is 54.6 Å². The van der Waals surface area contributed by atoms with E-state index in [9.17, 15) is 9.90 Å². The van der Waals surface area contributed by atoms with Crippen molar-refractivity contribution in [3.63, 3.8) is 0 Å². The number of aryl methyl sites for hydroxylation is 1. The Labute approximate surface area is 212 Å². The number of nitrogens with zero attached hydrogens (tertiary/aromatic N) is 7. The molecular weight excluding hydrogens is 476 g/mol. The van der Waals surface area contributed by atoms with Gasteiger partial charge in [0.05, 0.1) is 42.0 Å². The monoisotopic (exact) mass is 502 g/mol. The number of aromatic nitrogens is 6. The van der Waals surface area contributed by atoms with Crippen molar-refractivity contribution in [3.8, 4) is 17.1 Å². The number of carbonyl (C=O) groups excluding carboxylic acids is 1. The molecule has 0 aliphatic carbocycles. The number of aliphatic hydroxyl groups excluding tert-OH is 1. The Morgan fingerprint density at radius 3 is 2.57 bits per heavy atom. The van der Waals surface area contributed by atoms with Crippen molar-refractivity contribution in [2.75, 3.05) is 42.8 Å². The van der Waals surface area contributed by atoms with Crippen molar-refractivity contribution >= 4 is 34.6 Å². The normalized spacial score (nSPS) is 13.1. The molecule has 1 saturated heterocycles. The Hall–Kier alpha value is -4.78. The summed E-state index contributed by atoms with van der Waals surface area (Å²) >= 11 is 0. The maximum atomic E-state index is 12.5. The lowest BCUT2D eigenvalue weighted by Crippen LogP contribution is -2.50. The maximum absolute atomic E-state index is 12.5. The molecule has 1 aliphatic heterocycles. The summed E-state index contributed by atoms with van der Waals surface area (Å²) in [6.07, 6.45) is 3.04. The van der Waals surface area contributed by atoms with Crippen molar-refractivity contribution in [2.24, 2.45) is 7.05 Å². The number of benzene rings is 1. The summed E-state index contributed by atoms with van der Waals surface area (Å²) in [5.41, 5.74) is 2.72. The van der Waals surface area contributed by atoms with Gasteiger partial charge in [0.15, 0.2) is 23.1 Å². The first-order valence-corrected chi connectivity index (χ1v) is 11.5. The van der Waals surface area contributed by atoms with Crippen LogP contribution in [0.3, 0.4) is 0 Å². The van der Waals surface area contributed by atoms with E-state index < -0.39 is 5.91 Å². The SMILES string of the molecule is CNC(=O)c1nnc(Nc2ccc(N3CC(O)C3)cn2)cc1Nc1cccc(-c2ncn(C)n2)c1OC. The van der Waals surface area contributed by atoms with Gasteiger partial charge in [0.25, 0.3) is 5.91 Å². The summed E-state index contributed by atoms with van der Waals surface area (Å²) in [4.78, 5) is 23.3. The van der Waals surface area contributed by atoms with Crippen LogP contribution < -0.4 is 25.6 Å². The molecule has 4 heterocycles. The first kappa shape index (κ1) is 23.9. The number of aliphatic hydroxyl groups is 1. The first-order valence-electron chi connectivity index (χ1n) is 11.5. The first-order chi connectivity index (χ1) is 17.9. The molecule has 13 heteroatoms. The zero-order chi connectivity index (χ0) is 25.9. The molecule has 0 saturated carbocycles. The predicted octanol–water partition coefficient (Wildman–Crippen LogP) is 1.70. The molecule has 5 rings (SSSR count). The highest BCUT2D eigenvalue weighted by molar-refractivity contribution is 5.99. The largest absolute Gasteiger partial charge is 0.494 e. The van der Waals surface area contributed by atoms with Crippen LogP contribution in [0.15, 0.2) is 48.9 Å². The number of β-amino-alcohol motifs (C(OH)–C–C–N with tert-alkyl or cyclic N) is 1. The zero-order valence-corrected chi connectivity index (χ0v) is 20.5. The number of carbonyl (C=O) groups is 1. The van der Waals surface area contributed by atoms with Gasteiger partial charge in [-0.25, -0.2) is 9.97 Å². The highest BCUT2D eigenvalue weighted by Gasteiger charge is 2.24. The van der Waals surface area contributed by atoms with Crippen molar-refractivity contribution in [1.29, 1.82) is 0 Å². The molecule has 37 heavy (non-hydrogen) atoms. The average molecular weight is 503 g/mol. The van der Waals surface area contributed by atoms with Crippen LogP contribution in [0.25, 0.3) is 11.4 Å². The number of para-hydroxylation sites is 1. The van der Waals surface area contributed by atoms with E-state index in [1.807, 2.05) is 35.2 Å². The van der Waals surface area contributed by atoms with Crippen LogP contribution >= 0.6 is 0 Å². The van der Waals surface area contributed by atoms with E-state index in [0.29, 0.717) is 53.2 Å². The Morgan fingerprint density at radius 2 is 1.92 bits per heavy atom. The maximum Gasteiger partial charge on any atom is 0.273 e. The Kier molecular flexibility index (Phi) is 6.51. The topological polar surface area (TPSA) is 155 Å². The third-order valence-electron chi connectivity index (χ3n) is 5.80. The second-order valence-electron chi connectivity index (χ2n) is 8.41. The Morgan fingerprint density at radius 1 is 1.08 bits per heavy atom. The van der Waals surface area contributed by atoms with E-state index in [-0.39, 0.29) is 11.8 Å². The number of hydrogen-bond acceptors (Lipinski definition) is 11. The van der Waals surface area contributed by atoms with E-state index in [1.165, 1.54) is 7.05 Å². The fourth-order valence-corrected chi connectivity index (χ4v) is 3.92. The summed E-state index contributed by atoms with van der Waals surface area (Å²) in [5.74, 6) is 1.56. The molecule has 4 N–H and O–H groups in total. The Balaban J connectivity index is 1.43. The smallest absolute Gasteiger partial charge is 0.273 e. The minimum absolute atomic E-state index is 0.108. The molecule has 1 fully saturated rings. The fraction of sp³-hybridized carbons (Fsp3) is 0.250. The summed E-state index contributed by atoms with van der Waals surface area (Å²) in [7, 11) is 4.87. The molecule has 0 radical (unpaired) electrons. The fourth-order valence-electron chi connectivity index (χ4n) is 3.92. The quantitative estimate of drug-likeness (QED) is 0.278. The van der Waals surface area contributed by atoms with Gasteiger partial charge in [-0.2, -0.15) is 5.10 Å². The van der Waals surface area contributed by atoms with E-state index in [4.69, 9.17) is 4.74 Å². The molecule has 1 amide bonds.